The van der Waals surface area contributed by atoms with E-state index in [-0.39, 0.29) is 11.2 Å². The number of carbonyl (C=O) groups is 1. The molecule has 1 fully saturated rings. The summed E-state index contributed by atoms with van der Waals surface area (Å²) in [6, 6.07) is 13.6. The monoisotopic (exact) mass is 296 g/mol. The molecule has 2 aromatic rings. The summed E-state index contributed by atoms with van der Waals surface area (Å²) in [5, 5.41) is 0. The van der Waals surface area contributed by atoms with Crippen molar-refractivity contribution in [2.45, 2.75) is 44.9 Å². The molecule has 0 aromatic heterocycles. The number of rotatable bonds is 2. The minimum absolute atomic E-state index is 0.174. The molecule has 0 bridgehead atoms. The van der Waals surface area contributed by atoms with E-state index in [1.54, 1.807) is 6.07 Å². The summed E-state index contributed by atoms with van der Waals surface area (Å²) < 4.78 is 13.9. The first-order valence-corrected chi connectivity index (χ1v) is 7.88. The van der Waals surface area contributed by atoms with E-state index >= 15 is 0 Å². The molecule has 1 aliphatic carbocycles. The lowest BCUT2D eigenvalue weighted by Gasteiger charge is -2.39. The largest absolute Gasteiger partial charge is 0.300 e. The summed E-state index contributed by atoms with van der Waals surface area (Å²) in [4.78, 5) is 12.2. The summed E-state index contributed by atoms with van der Waals surface area (Å²) >= 11 is 0. The molecule has 0 radical (unpaired) electrons. The topological polar surface area (TPSA) is 17.1 Å². The Hall–Kier alpha value is -1.96. The van der Waals surface area contributed by atoms with Crippen molar-refractivity contribution in [3.63, 3.8) is 0 Å². The van der Waals surface area contributed by atoms with E-state index in [9.17, 15) is 9.18 Å². The minimum atomic E-state index is -0.306. The van der Waals surface area contributed by atoms with Crippen LogP contribution in [0.2, 0.25) is 0 Å². The van der Waals surface area contributed by atoms with Crippen LogP contribution < -0.4 is 0 Å². The first-order valence-electron chi connectivity index (χ1n) is 7.88. The van der Waals surface area contributed by atoms with Crippen molar-refractivity contribution < 1.29 is 9.18 Å². The van der Waals surface area contributed by atoms with Crippen LogP contribution in [0.4, 0.5) is 4.39 Å². The van der Waals surface area contributed by atoms with Gasteiger partial charge in [-0.15, -0.1) is 0 Å². The van der Waals surface area contributed by atoms with Crippen LogP contribution >= 0.6 is 0 Å². The maximum Gasteiger partial charge on any atom is 0.134 e. The number of carbonyl (C=O) groups excluding carboxylic acids is 1. The summed E-state index contributed by atoms with van der Waals surface area (Å²) in [6.07, 6.45) is 3.01. The van der Waals surface area contributed by atoms with Gasteiger partial charge in [-0.1, -0.05) is 36.4 Å². The van der Waals surface area contributed by atoms with Crippen molar-refractivity contribution >= 4 is 5.78 Å². The van der Waals surface area contributed by atoms with Crippen LogP contribution in [-0.4, -0.2) is 5.78 Å². The molecule has 0 saturated heterocycles. The number of Topliss-reactive ketones (excluding diaryl/α,β-unsaturated/α-hetero) is 1. The van der Waals surface area contributed by atoms with E-state index in [2.05, 4.69) is 12.1 Å². The van der Waals surface area contributed by atoms with E-state index < -0.39 is 0 Å². The predicted octanol–water partition coefficient (Wildman–Crippen LogP) is 4.87. The standard InChI is InChI=1S/C20H21FO/c1-14-15(2)19(21)11-10-18(14)20(12-6-9-17(22)13-20)16-7-4-3-5-8-16/h3-5,7-8,10-11H,6,9,12-13H2,1-2H3. The predicted molar refractivity (Wildman–Crippen MR) is 86.6 cm³/mol. The Morgan fingerprint density at radius 2 is 1.73 bits per heavy atom. The molecule has 3 rings (SSSR count). The van der Waals surface area contributed by atoms with Crippen LogP contribution in [0.5, 0.6) is 0 Å². The second kappa shape index (κ2) is 5.68. The van der Waals surface area contributed by atoms with Crippen molar-refractivity contribution in [1.82, 2.24) is 0 Å². The van der Waals surface area contributed by atoms with E-state index in [1.807, 2.05) is 38.1 Å². The molecule has 1 aliphatic rings. The Kier molecular flexibility index (Phi) is 3.86. The maximum absolute atomic E-state index is 13.9. The Morgan fingerprint density at radius 1 is 1.00 bits per heavy atom. The Balaban J connectivity index is 2.23. The quantitative estimate of drug-likeness (QED) is 0.772. The summed E-state index contributed by atoms with van der Waals surface area (Å²) in [7, 11) is 0. The van der Waals surface area contributed by atoms with Gasteiger partial charge in [0.25, 0.3) is 0 Å². The van der Waals surface area contributed by atoms with Gasteiger partial charge in [-0.05, 0) is 55.0 Å². The molecular formula is C20H21FO. The number of benzene rings is 2. The van der Waals surface area contributed by atoms with Gasteiger partial charge in [0.15, 0.2) is 0 Å². The average molecular weight is 296 g/mol. The summed E-state index contributed by atoms with van der Waals surface area (Å²) in [5.74, 6) is 0.128. The van der Waals surface area contributed by atoms with Crippen molar-refractivity contribution in [2.24, 2.45) is 0 Å². The Morgan fingerprint density at radius 3 is 2.41 bits per heavy atom. The van der Waals surface area contributed by atoms with E-state index in [4.69, 9.17) is 0 Å². The van der Waals surface area contributed by atoms with Crippen molar-refractivity contribution in [3.05, 3.63) is 70.5 Å². The average Bonchev–Trinajstić information content (AvgIpc) is 2.53. The third-order valence-corrected chi connectivity index (χ3v) is 5.12. The Labute approximate surface area is 131 Å². The zero-order valence-electron chi connectivity index (χ0n) is 13.2. The van der Waals surface area contributed by atoms with Gasteiger partial charge >= 0.3 is 0 Å². The highest BCUT2D eigenvalue weighted by Crippen LogP contribution is 2.45. The molecule has 2 heteroatoms. The molecule has 1 unspecified atom stereocenters. The molecule has 0 amide bonds. The molecule has 0 N–H and O–H groups in total. The zero-order chi connectivity index (χ0) is 15.7. The van der Waals surface area contributed by atoms with Crippen molar-refractivity contribution in [1.29, 1.82) is 0 Å². The van der Waals surface area contributed by atoms with Gasteiger partial charge in [0.1, 0.15) is 11.6 Å². The molecule has 0 aliphatic heterocycles. The zero-order valence-corrected chi connectivity index (χ0v) is 13.2. The lowest BCUT2D eigenvalue weighted by molar-refractivity contribution is -0.121. The molecule has 114 valence electrons. The van der Waals surface area contributed by atoms with Gasteiger partial charge < -0.3 is 0 Å². The highest BCUT2D eigenvalue weighted by atomic mass is 19.1. The van der Waals surface area contributed by atoms with Gasteiger partial charge in [0, 0.05) is 18.3 Å². The highest BCUT2D eigenvalue weighted by Gasteiger charge is 2.40. The smallest absolute Gasteiger partial charge is 0.134 e. The van der Waals surface area contributed by atoms with Crippen molar-refractivity contribution in [3.8, 4) is 0 Å². The van der Waals surface area contributed by atoms with E-state index in [1.165, 1.54) is 0 Å². The molecule has 2 aromatic carbocycles. The molecule has 0 spiro atoms. The number of ketones is 1. The third kappa shape index (κ3) is 2.37. The third-order valence-electron chi connectivity index (χ3n) is 5.12. The van der Waals surface area contributed by atoms with E-state index in [0.29, 0.717) is 24.2 Å². The van der Waals surface area contributed by atoms with Crippen LogP contribution in [0.3, 0.4) is 0 Å². The summed E-state index contributed by atoms with van der Waals surface area (Å²) in [6.45, 7) is 3.79. The maximum atomic E-state index is 13.9. The van der Waals surface area contributed by atoms with Gasteiger partial charge in [-0.2, -0.15) is 0 Å². The van der Waals surface area contributed by atoms with Gasteiger partial charge in [-0.25, -0.2) is 4.39 Å². The van der Waals surface area contributed by atoms with E-state index in [0.717, 1.165) is 29.5 Å². The van der Waals surface area contributed by atoms with Gasteiger partial charge in [0.2, 0.25) is 0 Å². The van der Waals surface area contributed by atoms with Crippen molar-refractivity contribution in [2.75, 3.05) is 0 Å². The van der Waals surface area contributed by atoms with Crippen LogP contribution in [0.1, 0.15) is 47.9 Å². The molecule has 1 nitrogen and oxygen atoms in total. The van der Waals surface area contributed by atoms with Gasteiger partial charge in [0.05, 0.1) is 0 Å². The fraction of sp³-hybridized carbons (Fsp3) is 0.350. The SMILES string of the molecule is Cc1c(F)ccc(C2(c3ccccc3)CCCC(=O)C2)c1C. The lowest BCUT2D eigenvalue weighted by atomic mass is 9.63. The molecule has 0 heterocycles. The normalized spacial score (nSPS) is 21.9. The molecule has 1 saturated carbocycles. The van der Waals surface area contributed by atoms with Crippen LogP contribution in [0, 0.1) is 19.7 Å². The number of hydrogen-bond donors (Lipinski definition) is 0. The first-order chi connectivity index (χ1) is 10.5. The first kappa shape index (κ1) is 15.0. The van der Waals surface area contributed by atoms with Crippen LogP contribution in [0.15, 0.2) is 42.5 Å². The van der Waals surface area contributed by atoms with Crippen LogP contribution in [-0.2, 0) is 10.2 Å². The number of halogens is 1. The lowest BCUT2D eigenvalue weighted by Crippen LogP contribution is -2.35. The Bertz CT molecular complexity index is 705. The fourth-order valence-electron chi connectivity index (χ4n) is 3.80. The second-order valence-corrected chi connectivity index (χ2v) is 6.36. The fourth-order valence-corrected chi connectivity index (χ4v) is 3.80. The molecular weight excluding hydrogens is 275 g/mol. The molecule has 22 heavy (non-hydrogen) atoms. The minimum Gasteiger partial charge on any atom is -0.300 e. The van der Waals surface area contributed by atoms with Gasteiger partial charge in [-0.3, -0.25) is 4.79 Å². The summed E-state index contributed by atoms with van der Waals surface area (Å²) in [5.41, 5.74) is 3.62. The molecule has 1 atom stereocenters. The second-order valence-electron chi connectivity index (χ2n) is 6.36. The highest BCUT2D eigenvalue weighted by molar-refractivity contribution is 5.82. The number of hydrogen-bond acceptors (Lipinski definition) is 1. The van der Waals surface area contributed by atoms with Crippen LogP contribution in [0.25, 0.3) is 0 Å².